The van der Waals surface area contributed by atoms with E-state index in [9.17, 15) is 9.59 Å². The average Bonchev–Trinajstić information content (AvgIpc) is 3.05. The van der Waals surface area contributed by atoms with Crippen molar-refractivity contribution in [2.75, 3.05) is 13.7 Å². The lowest BCUT2D eigenvalue weighted by Gasteiger charge is -2.05. The number of ether oxygens (including phenoxy) is 1. The third-order valence-corrected chi connectivity index (χ3v) is 4.54. The van der Waals surface area contributed by atoms with Gasteiger partial charge in [-0.3, -0.25) is 9.59 Å². The van der Waals surface area contributed by atoms with Crippen molar-refractivity contribution in [3.05, 3.63) is 35.3 Å². The van der Waals surface area contributed by atoms with Crippen LogP contribution in [0.3, 0.4) is 0 Å². The van der Waals surface area contributed by atoms with Gasteiger partial charge >= 0.3 is 5.97 Å². The van der Waals surface area contributed by atoms with Crippen LogP contribution in [-0.4, -0.2) is 35.6 Å². The zero-order chi connectivity index (χ0) is 18.1. The number of rotatable bonds is 10. The zero-order valence-electron chi connectivity index (χ0n) is 14.2. The Bertz CT molecular complexity index is 715. The molecule has 2 aromatic rings. The largest absolute Gasteiger partial charge is 0.496 e. The van der Waals surface area contributed by atoms with Gasteiger partial charge in [-0.1, -0.05) is 18.6 Å². The van der Waals surface area contributed by atoms with E-state index in [0.29, 0.717) is 13.0 Å². The molecule has 2 N–H and O–H groups in total. The minimum atomic E-state index is -0.779. The first-order valence-electron chi connectivity index (χ1n) is 8.16. The Morgan fingerprint density at radius 1 is 1.24 bits per heavy atom. The Morgan fingerprint density at radius 3 is 2.80 bits per heavy atom. The molecule has 0 spiro atoms. The van der Waals surface area contributed by atoms with E-state index >= 15 is 0 Å². The van der Waals surface area contributed by atoms with Crippen molar-refractivity contribution in [3.63, 3.8) is 0 Å². The number of carbonyl (C=O) groups is 2. The molecule has 0 unspecified atom stereocenters. The van der Waals surface area contributed by atoms with Crippen molar-refractivity contribution in [3.8, 4) is 16.3 Å². The molecule has 0 aliphatic heterocycles. The number of methoxy groups -OCH3 is 1. The van der Waals surface area contributed by atoms with Gasteiger partial charge in [0, 0.05) is 18.3 Å². The van der Waals surface area contributed by atoms with Gasteiger partial charge in [-0.15, -0.1) is 11.3 Å². The number of carboxylic acids is 1. The highest BCUT2D eigenvalue weighted by Gasteiger charge is 2.11. The number of amides is 1. The number of unbranched alkanes of at least 4 members (excludes halogenated alkanes) is 2. The van der Waals surface area contributed by atoms with E-state index in [-0.39, 0.29) is 18.7 Å². The van der Waals surface area contributed by atoms with Crippen LogP contribution in [0.2, 0.25) is 0 Å². The first-order chi connectivity index (χ1) is 12.1. The summed E-state index contributed by atoms with van der Waals surface area (Å²) in [4.78, 5) is 26.9. The maximum atomic E-state index is 12.0. The maximum Gasteiger partial charge on any atom is 0.303 e. The quantitative estimate of drug-likeness (QED) is 0.634. The number of hydrogen-bond acceptors (Lipinski definition) is 5. The normalized spacial score (nSPS) is 10.4. The van der Waals surface area contributed by atoms with Crippen molar-refractivity contribution < 1.29 is 19.4 Å². The summed E-state index contributed by atoms with van der Waals surface area (Å²) < 4.78 is 5.34. The van der Waals surface area contributed by atoms with Crippen LogP contribution in [0, 0.1) is 0 Å². The van der Waals surface area contributed by atoms with Crippen molar-refractivity contribution in [2.24, 2.45) is 0 Å². The van der Waals surface area contributed by atoms with Crippen LogP contribution in [0.5, 0.6) is 5.75 Å². The topological polar surface area (TPSA) is 88.5 Å². The smallest absolute Gasteiger partial charge is 0.303 e. The van der Waals surface area contributed by atoms with Gasteiger partial charge in [0.15, 0.2) is 0 Å². The fourth-order valence-electron chi connectivity index (χ4n) is 2.37. The van der Waals surface area contributed by atoms with E-state index in [1.54, 1.807) is 7.11 Å². The summed E-state index contributed by atoms with van der Waals surface area (Å²) in [5.41, 5.74) is 1.65. The first kappa shape index (κ1) is 18.9. The second-order valence-electron chi connectivity index (χ2n) is 5.58. The molecule has 7 heteroatoms. The number of aromatic nitrogens is 1. The minimum Gasteiger partial charge on any atom is -0.496 e. The average molecular weight is 362 g/mol. The third kappa shape index (κ3) is 6.19. The van der Waals surface area contributed by atoms with Crippen molar-refractivity contribution in [2.45, 2.75) is 32.1 Å². The number of hydrogen-bond donors (Lipinski definition) is 2. The van der Waals surface area contributed by atoms with Crippen molar-refractivity contribution >= 4 is 23.2 Å². The molecule has 25 heavy (non-hydrogen) atoms. The standard InChI is InChI=1S/C18H22N2O4S/c1-24-15-8-5-4-7-14(15)18-20-13(12-25-18)11-16(21)19-10-6-2-3-9-17(22)23/h4-5,7-8,12H,2-3,6,9-11H2,1H3,(H,19,21)(H,22,23). The Balaban J connectivity index is 1.79. The SMILES string of the molecule is COc1ccccc1-c1nc(CC(=O)NCCCCCC(=O)O)cs1. The molecule has 134 valence electrons. The number of para-hydroxylation sites is 1. The molecule has 0 aliphatic rings. The molecule has 1 aromatic carbocycles. The van der Waals surface area contributed by atoms with E-state index in [4.69, 9.17) is 9.84 Å². The lowest BCUT2D eigenvalue weighted by Crippen LogP contribution is -2.26. The second-order valence-corrected chi connectivity index (χ2v) is 6.43. The molecule has 6 nitrogen and oxygen atoms in total. The molecule has 0 aliphatic carbocycles. The van der Waals surface area contributed by atoms with Gasteiger partial charge in [-0.05, 0) is 25.0 Å². The molecule has 0 atom stereocenters. The summed E-state index contributed by atoms with van der Waals surface area (Å²) in [6.45, 7) is 0.557. The fraction of sp³-hybridized carbons (Fsp3) is 0.389. The van der Waals surface area contributed by atoms with Gasteiger partial charge in [0.05, 0.1) is 24.8 Å². The molecule has 1 aromatic heterocycles. The van der Waals surface area contributed by atoms with E-state index < -0.39 is 5.97 Å². The number of thiazole rings is 1. The highest BCUT2D eigenvalue weighted by Crippen LogP contribution is 2.31. The molecular formula is C18H22N2O4S. The summed E-state index contributed by atoms with van der Waals surface area (Å²) in [7, 11) is 1.62. The molecule has 1 amide bonds. The number of carboxylic acid groups (broad SMARTS) is 1. The minimum absolute atomic E-state index is 0.0740. The van der Waals surface area contributed by atoms with Gasteiger partial charge in [-0.2, -0.15) is 0 Å². The third-order valence-electron chi connectivity index (χ3n) is 3.62. The number of nitrogens with one attached hydrogen (secondary N) is 1. The Kier molecular flexibility index (Phi) is 7.40. The molecule has 0 radical (unpaired) electrons. The number of aliphatic carboxylic acids is 1. The van der Waals surface area contributed by atoms with Crippen molar-refractivity contribution in [1.29, 1.82) is 0 Å². The maximum absolute atomic E-state index is 12.0. The van der Waals surface area contributed by atoms with Gasteiger partial charge in [0.2, 0.25) is 5.91 Å². The second kappa shape index (κ2) is 9.78. The van der Waals surface area contributed by atoms with Gasteiger partial charge in [0.25, 0.3) is 0 Å². The van der Waals surface area contributed by atoms with Crippen LogP contribution in [0.15, 0.2) is 29.6 Å². The Morgan fingerprint density at radius 2 is 2.04 bits per heavy atom. The highest BCUT2D eigenvalue weighted by atomic mass is 32.1. The summed E-state index contributed by atoms with van der Waals surface area (Å²) in [6.07, 6.45) is 2.63. The number of benzene rings is 1. The van der Waals surface area contributed by atoms with Gasteiger partial charge in [-0.25, -0.2) is 4.98 Å². The Labute approximate surface area is 150 Å². The highest BCUT2D eigenvalue weighted by molar-refractivity contribution is 7.13. The lowest BCUT2D eigenvalue weighted by molar-refractivity contribution is -0.137. The Hall–Kier alpha value is -2.41. The van der Waals surface area contributed by atoms with Crippen LogP contribution in [0.1, 0.15) is 31.4 Å². The predicted octanol–water partition coefficient (Wildman–Crippen LogP) is 3.12. The molecule has 1 heterocycles. The molecule has 0 saturated carbocycles. The molecule has 0 fully saturated rings. The first-order valence-corrected chi connectivity index (χ1v) is 9.04. The summed E-state index contributed by atoms with van der Waals surface area (Å²) in [5.74, 6) is -0.0947. The predicted molar refractivity (Wildman–Crippen MR) is 96.9 cm³/mol. The molecular weight excluding hydrogens is 340 g/mol. The molecule has 0 saturated heterocycles. The van der Waals surface area contributed by atoms with E-state index in [1.165, 1.54) is 11.3 Å². The van der Waals surface area contributed by atoms with Crippen LogP contribution < -0.4 is 10.1 Å². The van der Waals surface area contributed by atoms with Crippen molar-refractivity contribution in [1.82, 2.24) is 10.3 Å². The van der Waals surface area contributed by atoms with Crippen LogP contribution in [0.25, 0.3) is 10.6 Å². The molecule has 2 rings (SSSR count). The fourth-order valence-corrected chi connectivity index (χ4v) is 3.22. The summed E-state index contributed by atoms with van der Waals surface area (Å²) in [5, 5.41) is 14.1. The number of nitrogens with zero attached hydrogens (tertiary/aromatic N) is 1. The van der Waals surface area contributed by atoms with Gasteiger partial charge < -0.3 is 15.2 Å². The lowest BCUT2D eigenvalue weighted by atomic mass is 10.2. The zero-order valence-corrected chi connectivity index (χ0v) is 15.0. The monoisotopic (exact) mass is 362 g/mol. The summed E-state index contributed by atoms with van der Waals surface area (Å²) >= 11 is 1.49. The van der Waals surface area contributed by atoms with Crippen LogP contribution in [-0.2, 0) is 16.0 Å². The number of carbonyl (C=O) groups excluding carboxylic acids is 1. The van der Waals surface area contributed by atoms with Crippen LogP contribution >= 0.6 is 11.3 Å². The van der Waals surface area contributed by atoms with E-state index in [1.807, 2.05) is 29.6 Å². The summed E-state index contributed by atoms with van der Waals surface area (Å²) in [6, 6.07) is 7.66. The van der Waals surface area contributed by atoms with Crippen LogP contribution in [0.4, 0.5) is 0 Å². The van der Waals surface area contributed by atoms with E-state index in [2.05, 4.69) is 10.3 Å². The van der Waals surface area contributed by atoms with Gasteiger partial charge in [0.1, 0.15) is 10.8 Å². The molecule has 0 bridgehead atoms. The van der Waals surface area contributed by atoms with E-state index in [0.717, 1.165) is 34.9 Å².